The maximum absolute atomic E-state index is 13.1. The molecule has 0 bridgehead atoms. The highest BCUT2D eigenvalue weighted by Crippen LogP contribution is 2.38. The third-order valence-electron chi connectivity index (χ3n) is 4.34. The number of nitrogens with zero attached hydrogens (tertiary/aromatic N) is 3. The lowest BCUT2D eigenvalue weighted by Gasteiger charge is -2.32. The second-order valence-corrected chi connectivity index (χ2v) is 6.81. The fourth-order valence-corrected chi connectivity index (χ4v) is 2.69. The van der Waals surface area contributed by atoms with Gasteiger partial charge in [0.2, 0.25) is 0 Å². The van der Waals surface area contributed by atoms with Gasteiger partial charge in [-0.1, -0.05) is 0 Å². The molecule has 158 valence electrons. The molecule has 0 saturated heterocycles. The fraction of sp³-hybridized carbons (Fsp3) is 0.444. The summed E-state index contributed by atoms with van der Waals surface area (Å²) in [6, 6.07) is 1.54. The van der Waals surface area contributed by atoms with Crippen LogP contribution in [0, 0.1) is 17.2 Å². The van der Waals surface area contributed by atoms with Crippen LogP contribution in [0.15, 0.2) is 48.3 Å². The number of rotatable bonds is 8. The summed E-state index contributed by atoms with van der Waals surface area (Å²) in [5.41, 5.74) is -1.58. The molecule has 29 heavy (non-hydrogen) atoms. The first-order valence-electron chi connectivity index (χ1n) is 8.53. The number of allylic oxidation sites excluding steroid dienone is 4. The van der Waals surface area contributed by atoms with E-state index in [1.54, 1.807) is 6.07 Å². The molecule has 8 nitrogen and oxygen atoms in total. The van der Waals surface area contributed by atoms with E-state index >= 15 is 0 Å². The Bertz CT molecular complexity index is 852. The van der Waals surface area contributed by atoms with Gasteiger partial charge in [-0.15, -0.1) is 0 Å². The highest BCUT2D eigenvalue weighted by atomic mass is 19.4. The zero-order valence-corrected chi connectivity index (χ0v) is 15.9. The van der Waals surface area contributed by atoms with Crippen LogP contribution in [0.2, 0.25) is 0 Å². The predicted octanol–water partition coefficient (Wildman–Crippen LogP) is 1.99. The molecule has 0 aromatic carbocycles. The summed E-state index contributed by atoms with van der Waals surface area (Å²) in [6.07, 6.45) is -1.40. The monoisotopic (exact) mass is 413 g/mol. The van der Waals surface area contributed by atoms with Gasteiger partial charge in [-0.05, 0) is 25.7 Å². The van der Waals surface area contributed by atoms with Gasteiger partial charge in [-0.3, -0.25) is 4.68 Å². The van der Waals surface area contributed by atoms with Crippen molar-refractivity contribution in [3.05, 3.63) is 48.3 Å². The summed E-state index contributed by atoms with van der Waals surface area (Å²) in [4.78, 5) is 0. The van der Waals surface area contributed by atoms with Gasteiger partial charge in [-0.2, -0.15) is 23.5 Å². The predicted molar refractivity (Wildman–Crippen MR) is 97.7 cm³/mol. The fourth-order valence-electron chi connectivity index (χ4n) is 2.69. The van der Waals surface area contributed by atoms with Crippen LogP contribution in [-0.2, 0) is 11.3 Å². The molecule has 0 aliphatic heterocycles. The smallest absolute Gasteiger partial charge is 0.396 e. The van der Waals surface area contributed by atoms with Gasteiger partial charge in [-0.25, -0.2) is 0 Å². The van der Waals surface area contributed by atoms with Crippen LogP contribution < -0.4 is 10.6 Å². The number of aliphatic hydroxyl groups is 2. The van der Waals surface area contributed by atoms with Crippen molar-refractivity contribution in [2.24, 2.45) is 5.92 Å². The maximum Gasteiger partial charge on any atom is 0.396 e. The molecule has 3 atom stereocenters. The number of ether oxygens (including phenoxy) is 1. The summed E-state index contributed by atoms with van der Waals surface area (Å²) >= 11 is 0. The average molecular weight is 413 g/mol. The van der Waals surface area contributed by atoms with Crippen LogP contribution in [0.25, 0.3) is 0 Å². The minimum atomic E-state index is -4.60. The van der Waals surface area contributed by atoms with Gasteiger partial charge in [0.1, 0.15) is 5.60 Å². The highest BCUT2D eigenvalue weighted by Gasteiger charge is 2.44. The van der Waals surface area contributed by atoms with Gasteiger partial charge in [0, 0.05) is 23.9 Å². The van der Waals surface area contributed by atoms with Crippen molar-refractivity contribution in [3.8, 4) is 6.07 Å². The summed E-state index contributed by atoms with van der Waals surface area (Å²) < 4.78 is 45.6. The summed E-state index contributed by atoms with van der Waals surface area (Å²) in [7, 11) is 1.44. The standard InChI is InChI=1S/C18H22F3N5O3/c1-11(29-3)24-14-8-23-26(9-14)10-17(2,28)16(27)25-13-5-4-12(7-22)15(6-13)18(19,20)21/h4-5,8-9,15-16,24-25,27-28H,1,6,10H2,2-3H3/t15?,16?,17-/m0/s1. The second-order valence-electron chi connectivity index (χ2n) is 6.81. The highest BCUT2D eigenvalue weighted by molar-refractivity contribution is 5.42. The molecule has 0 saturated carbocycles. The Morgan fingerprint density at radius 2 is 2.21 bits per heavy atom. The van der Waals surface area contributed by atoms with E-state index in [0.29, 0.717) is 5.69 Å². The van der Waals surface area contributed by atoms with Crippen molar-refractivity contribution in [2.45, 2.75) is 37.9 Å². The molecule has 11 heteroatoms. The van der Waals surface area contributed by atoms with E-state index < -0.39 is 35.9 Å². The Hall–Kier alpha value is -2.97. The number of alkyl halides is 3. The molecule has 1 aromatic heterocycles. The second kappa shape index (κ2) is 8.59. The number of hydrogen-bond acceptors (Lipinski definition) is 7. The van der Waals surface area contributed by atoms with Crippen LogP contribution in [0.4, 0.5) is 18.9 Å². The SMILES string of the molecule is C=C(Nc1cnn(C[C@](C)(O)C(O)NC2=CC=C(C#N)C(C(F)(F)F)C2)c1)OC. The van der Waals surface area contributed by atoms with E-state index in [1.165, 1.54) is 37.2 Å². The van der Waals surface area contributed by atoms with Crippen LogP contribution in [-0.4, -0.2) is 45.1 Å². The molecule has 1 aromatic rings. The van der Waals surface area contributed by atoms with Crippen molar-refractivity contribution < 1.29 is 28.1 Å². The first-order chi connectivity index (χ1) is 13.5. The zero-order chi connectivity index (χ0) is 21.8. The normalized spacial score (nSPS) is 19.9. The number of methoxy groups -OCH3 is 1. The molecule has 0 radical (unpaired) electrons. The maximum atomic E-state index is 13.1. The topological polar surface area (TPSA) is 115 Å². The first-order valence-corrected chi connectivity index (χ1v) is 8.53. The largest absolute Gasteiger partial charge is 0.483 e. The Balaban J connectivity index is 2.05. The van der Waals surface area contributed by atoms with Crippen LogP contribution in [0.3, 0.4) is 0 Å². The van der Waals surface area contributed by atoms with Crippen molar-refractivity contribution in [2.75, 3.05) is 12.4 Å². The number of aliphatic hydroxyl groups excluding tert-OH is 1. The van der Waals surface area contributed by atoms with E-state index in [-0.39, 0.29) is 18.1 Å². The minimum Gasteiger partial charge on any atom is -0.483 e. The number of aromatic nitrogens is 2. The van der Waals surface area contributed by atoms with Gasteiger partial charge in [0.15, 0.2) is 12.1 Å². The average Bonchev–Trinajstić information content (AvgIpc) is 3.06. The molecule has 4 N–H and O–H groups in total. The molecule has 0 fully saturated rings. The van der Waals surface area contributed by atoms with Crippen molar-refractivity contribution in [3.63, 3.8) is 0 Å². The van der Waals surface area contributed by atoms with Gasteiger partial charge in [0.05, 0.1) is 37.5 Å². The molecular weight excluding hydrogens is 391 g/mol. The Labute approximate surface area is 165 Å². The van der Waals surface area contributed by atoms with Crippen molar-refractivity contribution in [1.82, 2.24) is 15.1 Å². The molecule has 2 rings (SSSR count). The third kappa shape index (κ3) is 5.75. The Morgan fingerprint density at radius 3 is 2.79 bits per heavy atom. The quantitative estimate of drug-likeness (QED) is 0.381. The Kier molecular flexibility index (Phi) is 6.61. The summed E-state index contributed by atoms with van der Waals surface area (Å²) in [6.45, 7) is 4.76. The third-order valence-corrected chi connectivity index (χ3v) is 4.34. The zero-order valence-electron chi connectivity index (χ0n) is 15.9. The number of hydrogen-bond donors (Lipinski definition) is 4. The van der Waals surface area contributed by atoms with E-state index in [1.807, 2.05) is 0 Å². The number of halogens is 3. The van der Waals surface area contributed by atoms with E-state index in [4.69, 9.17) is 10.00 Å². The van der Waals surface area contributed by atoms with Gasteiger partial charge < -0.3 is 25.6 Å². The van der Waals surface area contributed by atoms with Crippen LogP contribution >= 0.6 is 0 Å². The molecule has 0 amide bonds. The van der Waals surface area contributed by atoms with Gasteiger partial charge in [0.25, 0.3) is 0 Å². The Morgan fingerprint density at radius 1 is 1.52 bits per heavy atom. The molecule has 0 spiro atoms. The van der Waals surface area contributed by atoms with Crippen LogP contribution in [0.5, 0.6) is 0 Å². The molecule has 1 aliphatic rings. The van der Waals surface area contributed by atoms with Crippen LogP contribution in [0.1, 0.15) is 13.3 Å². The molecule has 2 unspecified atom stereocenters. The lowest BCUT2D eigenvalue weighted by molar-refractivity contribution is -0.163. The van der Waals surface area contributed by atoms with E-state index in [0.717, 1.165) is 6.08 Å². The minimum absolute atomic E-state index is 0.0540. The molecule has 1 aliphatic carbocycles. The first kappa shape index (κ1) is 22.3. The van der Waals surface area contributed by atoms with E-state index in [9.17, 15) is 23.4 Å². The summed E-state index contributed by atoms with van der Waals surface area (Å²) in [5.74, 6) is -1.68. The van der Waals surface area contributed by atoms with Crippen molar-refractivity contribution in [1.29, 1.82) is 5.26 Å². The number of nitrogens with one attached hydrogen (secondary N) is 2. The summed E-state index contributed by atoms with van der Waals surface area (Å²) in [5, 5.41) is 39.1. The number of nitriles is 1. The van der Waals surface area contributed by atoms with Crippen molar-refractivity contribution >= 4 is 5.69 Å². The number of anilines is 1. The lowest BCUT2D eigenvalue weighted by Crippen LogP contribution is -2.51. The van der Waals surface area contributed by atoms with Gasteiger partial charge >= 0.3 is 6.18 Å². The molecule has 1 heterocycles. The lowest BCUT2D eigenvalue weighted by atomic mass is 9.89. The molecular formula is C18H22F3N5O3. The van der Waals surface area contributed by atoms with E-state index in [2.05, 4.69) is 22.3 Å².